The second-order valence-corrected chi connectivity index (χ2v) is 6.82. The molecular formula is C11H17N3O4S. The number of carboxylic acids is 1. The summed E-state index contributed by atoms with van der Waals surface area (Å²) >= 11 is 0. The number of nitrogens with zero attached hydrogens (tertiary/aromatic N) is 3. The van der Waals surface area contributed by atoms with E-state index < -0.39 is 16.0 Å². The summed E-state index contributed by atoms with van der Waals surface area (Å²) in [5, 5.41) is 13.0. The molecule has 0 saturated carbocycles. The molecule has 8 heteroatoms. The van der Waals surface area contributed by atoms with Crippen LogP contribution >= 0.6 is 0 Å². The SMILES string of the molecule is CS(=O)(=O)N1CCCC(Cn2nccc2C(=O)O)C1. The van der Waals surface area contributed by atoms with Crippen molar-refractivity contribution in [3.63, 3.8) is 0 Å². The van der Waals surface area contributed by atoms with E-state index in [-0.39, 0.29) is 11.6 Å². The van der Waals surface area contributed by atoms with Crippen LogP contribution < -0.4 is 0 Å². The number of aromatic carboxylic acids is 1. The van der Waals surface area contributed by atoms with Gasteiger partial charge in [0.1, 0.15) is 5.69 Å². The third-order valence-electron chi connectivity index (χ3n) is 3.32. The topological polar surface area (TPSA) is 92.5 Å². The molecule has 1 N–H and O–H groups in total. The molecule has 1 aliphatic rings. The van der Waals surface area contributed by atoms with Gasteiger partial charge in [0.25, 0.3) is 0 Å². The molecule has 0 aromatic carbocycles. The Morgan fingerprint density at radius 3 is 2.95 bits per heavy atom. The van der Waals surface area contributed by atoms with E-state index in [0.717, 1.165) is 12.8 Å². The van der Waals surface area contributed by atoms with Crippen LogP contribution in [0, 0.1) is 5.92 Å². The first-order valence-electron chi connectivity index (χ1n) is 6.08. The Kier molecular flexibility index (Phi) is 3.91. The van der Waals surface area contributed by atoms with E-state index in [0.29, 0.717) is 19.6 Å². The van der Waals surface area contributed by atoms with Gasteiger partial charge in [-0.1, -0.05) is 0 Å². The summed E-state index contributed by atoms with van der Waals surface area (Å²) < 4.78 is 25.9. The van der Waals surface area contributed by atoms with Crippen LogP contribution in [-0.2, 0) is 16.6 Å². The summed E-state index contributed by atoms with van der Waals surface area (Å²) in [6.07, 6.45) is 4.32. The molecule has 1 aliphatic heterocycles. The zero-order chi connectivity index (χ0) is 14.0. The highest BCUT2D eigenvalue weighted by Gasteiger charge is 2.27. The first kappa shape index (κ1) is 14.0. The summed E-state index contributed by atoms with van der Waals surface area (Å²) in [6.45, 7) is 1.40. The average molecular weight is 287 g/mol. The minimum absolute atomic E-state index is 0.0986. The van der Waals surface area contributed by atoms with Crippen LogP contribution in [0.5, 0.6) is 0 Å². The molecule has 106 valence electrons. The van der Waals surface area contributed by atoms with Gasteiger partial charge in [-0.25, -0.2) is 17.5 Å². The lowest BCUT2D eigenvalue weighted by Crippen LogP contribution is -2.40. The molecule has 0 spiro atoms. The van der Waals surface area contributed by atoms with Gasteiger partial charge in [-0.05, 0) is 24.8 Å². The minimum atomic E-state index is -3.18. The van der Waals surface area contributed by atoms with E-state index in [9.17, 15) is 13.2 Å². The molecule has 0 amide bonds. The number of sulfonamides is 1. The third kappa shape index (κ3) is 3.32. The molecule has 19 heavy (non-hydrogen) atoms. The van der Waals surface area contributed by atoms with Crippen molar-refractivity contribution in [2.75, 3.05) is 19.3 Å². The molecule has 2 rings (SSSR count). The maximum absolute atomic E-state index is 11.5. The highest BCUT2D eigenvalue weighted by Crippen LogP contribution is 2.20. The fraction of sp³-hybridized carbons (Fsp3) is 0.636. The highest BCUT2D eigenvalue weighted by atomic mass is 32.2. The number of carbonyl (C=O) groups is 1. The molecule has 1 atom stereocenters. The molecule has 1 saturated heterocycles. The monoisotopic (exact) mass is 287 g/mol. The zero-order valence-corrected chi connectivity index (χ0v) is 11.5. The van der Waals surface area contributed by atoms with Gasteiger partial charge < -0.3 is 5.11 Å². The molecule has 2 heterocycles. The second-order valence-electron chi connectivity index (χ2n) is 4.83. The summed E-state index contributed by atoms with van der Waals surface area (Å²) in [5.41, 5.74) is 0.136. The van der Waals surface area contributed by atoms with Crippen molar-refractivity contribution in [1.82, 2.24) is 14.1 Å². The largest absolute Gasteiger partial charge is 0.477 e. The number of rotatable bonds is 4. The van der Waals surface area contributed by atoms with E-state index in [2.05, 4.69) is 5.10 Å². The standard InChI is InChI=1S/C11H17N3O4S/c1-19(17,18)13-6-2-3-9(7-13)8-14-10(11(15)16)4-5-12-14/h4-5,9H,2-3,6-8H2,1H3,(H,15,16). The molecular weight excluding hydrogens is 270 g/mol. The molecule has 0 radical (unpaired) electrons. The predicted molar refractivity (Wildman–Crippen MR) is 68.3 cm³/mol. The molecule has 1 unspecified atom stereocenters. The van der Waals surface area contributed by atoms with Crippen molar-refractivity contribution in [3.8, 4) is 0 Å². The number of carboxylic acid groups (broad SMARTS) is 1. The van der Waals surface area contributed by atoms with Gasteiger partial charge in [-0.15, -0.1) is 0 Å². The van der Waals surface area contributed by atoms with E-state index >= 15 is 0 Å². The fourth-order valence-corrected chi connectivity index (χ4v) is 3.32. The van der Waals surface area contributed by atoms with Crippen LogP contribution in [-0.4, -0.2) is 52.9 Å². The van der Waals surface area contributed by atoms with Crippen LogP contribution in [0.2, 0.25) is 0 Å². The lowest BCUT2D eigenvalue weighted by Gasteiger charge is -2.30. The Hall–Kier alpha value is -1.41. The Morgan fingerprint density at radius 1 is 1.58 bits per heavy atom. The Balaban J connectivity index is 2.07. The Bertz CT molecular complexity index is 566. The maximum atomic E-state index is 11.5. The van der Waals surface area contributed by atoms with Gasteiger partial charge in [-0.2, -0.15) is 5.10 Å². The Labute approximate surface area is 111 Å². The quantitative estimate of drug-likeness (QED) is 0.857. The lowest BCUT2D eigenvalue weighted by atomic mass is 10.00. The van der Waals surface area contributed by atoms with E-state index in [1.54, 1.807) is 0 Å². The second kappa shape index (κ2) is 5.30. The van der Waals surface area contributed by atoms with Crippen LogP contribution in [0.3, 0.4) is 0 Å². The first-order valence-corrected chi connectivity index (χ1v) is 7.93. The molecule has 7 nitrogen and oxygen atoms in total. The van der Waals surface area contributed by atoms with E-state index in [1.165, 1.54) is 27.5 Å². The summed E-state index contributed by atoms with van der Waals surface area (Å²) in [6, 6.07) is 1.44. The summed E-state index contributed by atoms with van der Waals surface area (Å²) in [7, 11) is -3.18. The van der Waals surface area contributed by atoms with Crippen LogP contribution in [0.4, 0.5) is 0 Å². The van der Waals surface area contributed by atoms with Crippen LogP contribution in [0.25, 0.3) is 0 Å². The lowest BCUT2D eigenvalue weighted by molar-refractivity contribution is 0.0680. The van der Waals surface area contributed by atoms with E-state index in [4.69, 9.17) is 5.11 Å². The van der Waals surface area contributed by atoms with Gasteiger partial charge in [0.05, 0.1) is 6.26 Å². The number of aromatic nitrogens is 2. The molecule has 1 aromatic rings. The fourth-order valence-electron chi connectivity index (χ4n) is 2.38. The van der Waals surface area contributed by atoms with Gasteiger partial charge in [-0.3, -0.25) is 4.68 Å². The normalized spacial score (nSPS) is 21.4. The van der Waals surface area contributed by atoms with Crippen molar-refractivity contribution in [2.45, 2.75) is 19.4 Å². The number of piperidine rings is 1. The van der Waals surface area contributed by atoms with Crippen molar-refractivity contribution < 1.29 is 18.3 Å². The van der Waals surface area contributed by atoms with Crippen LogP contribution in [0.1, 0.15) is 23.3 Å². The van der Waals surface area contributed by atoms with Crippen molar-refractivity contribution in [3.05, 3.63) is 18.0 Å². The van der Waals surface area contributed by atoms with Crippen molar-refractivity contribution in [2.24, 2.45) is 5.92 Å². The Morgan fingerprint density at radius 2 is 2.32 bits per heavy atom. The average Bonchev–Trinajstić information content (AvgIpc) is 2.76. The molecule has 1 fully saturated rings. The molecule has 0 bridgehead atoms. The number of hydrogen-bond donors (Lipinski definition) is 1. The van der Waals surface area contributed by atoms with Gasteiger partial charge in [0.15, 0.2) is 0 Å². The molecule has 1 aromatic heterocycles. The van der Waals surface area contributed by atoms with Gasteiger partial charge in [0, 0.05) is 25.8 Å². The van der Waals surface area contributed by atoms with Crippen LogP contribution in [0.15, 0.2) is 12.3 Å². The number of hydrogen-bond acceptors (Lipinski definition) is 4. The summed E-state index contributed by atoms with van der Waals surface area (Å²) in [4.78, 5) is 11.0. The highest BCUT2D eigenvalue weighted by molar-refractivity contribution is 7.88. The van der Waals surface area contributed by atoms with E-state index in [1.807, 2.05) is 0 Å². The molecule has 0 aliphatic carbocycles. The minimum Gasteiger partial charge on any atom is -0.477 e. The van der Waals surface area contributed by atoms with Crippen molar-refractivity contribution >= 4 is 16.0 Å². The summed E-state index contributed by atoms with van der Waals surface area (Å²) in [5.74, 6) is -0.922. The van der Waals surface area contributed by atoms with Gasteiger partial charge >= 0.3 is 5.97 Å². The third-order valence-corrected chi connectivity index (χ3v) is 4.59. The van der Waals surface area contributed by atoms with Gasteiger partial charge in [0.2, 0.25) is 10.0 Å². The smallest absolute Gasteiger partial charge is 0.354 e. The zero-order valence-electron chi connectivity index (χ0n) is 10.7. The maximum Gasteiger partial charge on any atom is 0.354 e. The first-order chi connectivity index (χ1) is 8.88. The predicted octanol–water partition coefficient (Wildman–Crippen LogP) is 0.253. The van der Waals surface area contributed by atoms with Crippen molar-refractivity contribution in [1.29, 1.82) is 0 Å².